The highest BCUT2D eigenvalue weighted by Gasteiger charge is 2.19. The quantitative estimate of drug-likeness (QED) is 0.417. The van der Waals surface area contributed by atoms with Crippen molar-refractivity contribution in [2.75, 3.05) is 6.61 Å². The van der Waals surface area contributed by atoms with Gasteiger partial charge in [0.2, 0.25) is 0 Å². The summed E-state index contributed by atoms with van der Waals surface area (Å²) in [4.78, 5) is 31.1. The van der Waals surface area contributed by atoms with Crippen molar-refractivity contribution in [1.29, 1.82) is 5.26 Å². The molecule has 0 bridgehead atoms. The summed E-state index contributed by atoms with van der Waals surface area (Å²) in [6.07, 6.45) is 1.63. The molecule has 2 aromatic carbocycles. The van der Waals surface area contributed by atoms with Gasteiger partial charge in [-0.3, -0.25) is 13.9 Å². The molecule has 0 saturated heterocycles. The fourth-order valence-corrected chi connectivity index (χ4v) is 3.76. The molecule has 0 saturated carbocycles. The molecule has 0 N–H and O–H groups in total. The van der Waals surface area contributed by atoms with Crippen molar-refractivity contribution in [1.82, 2.24) is 18.7 Å². The maximum atomic E-state index is 13.4. The van der Waals surface area contributed by atoms with E-state index in [-0.39, 0.29) is 18.7 Å². The van der Waals surface area contributed by atoms with E-state index in [0.717, 1.165) is 5.56 Å². The van der Waals surface area contributed by atoms with Gasteiger partial charge in [-0.05, 0) is 35.7 Å². The Labute approximate surface area is 190 Å². The molecule has 0 amide bonds. The van der Waals surface area contributed by atoms with Gasteiger partial charge in [0.15, 0.2) is 11.2 Å². The molecular weight excluding hydrogens is 418 g/mol. The normalized spacial score (nSPS) is 11.1. The van der Waals surface area contributed by atoms with Gasteiger partial charge in [-0.2, -0.15) is 5.26 Å². The average molecular weight is 444 g/mol. The Kier molecular flexibility index (Phi) is 6.41. The first-order chi connectivity index (χ1) is 16.0. The summed E-state index contributed by atoms with van der Waals surface area (Å²) in [7, 11) is 0. The Morgan fingerprint density at radius 1 is 1.03 bits per heavy atom. The van der Waals surface area contributed by atoms with E-state index in [9.17, 15) is 9.59 Å². The number of fused-ring (bicyclic) bond motifs is 1. The van der Waals surface area contributed by atoms with Crippen LogP contribution >= 0.6 is 0 Å². The maximum Gasteiger partial charge on any atom is 0.333 e. The number of benzene rings is 2. The molecule has 0 aliphatic carbocycles. The van der Waals surface area contributed by atoms with Crippen LogP contribution in [0.1, 0.15) is 25.0 Å². The van der Waals surface area contributed by atoms with E-state index in [2.05, 4.69) is 24.9 Å². The molecule has 8 nitrogen and oxygen atoms in total. The van der Waals surface area contributed by atoms with Gasteiger partial charge in [-0.15, -0.1) is 0 Å². The minimum atomic E-state index is -0.422. The first-order valence-electron chi connectivity index (χ1n) is 10.8. The number of imidazole rings is 1. The molecule has 4 aromatic rings. The van der Waals surface area contributed by atoms with Crippen LogP contribution in [0.15, 0.2) is 70.5 Å². The molecule has 4 rings (SSSR count). The molecule has 2 heterocycles. The van der Waals surface area contributed by atoms with Gasteiger partial charge >= 0.3 is 5.69 Å². The fraction of sp³-hybridized carbons (Fsp3) is 0.280. The van der Waals surface area contributed by atoms with E-state index in [0.29, 0.717) is 41.5 Å². The summed E-state index contributed by atoms with van der Waals surface area (Å²) in [6.45, 7) is 5.29. The number of hydrogen-bond donors (Lipinski definition) is 0. The predicted octanol–water partition coefficient (Wildman–Crippen LogP) is 3.01. The third-order valence-corrected chi connectivity index (χ3v) is 5.30. The molecule has 2 aromatic heterocycles. The zero-order valence-electron chi connectivity index (χ0n) is 18.6. The van der Waals surface area contributed by atoms with Crippen LogP contribution in [0.2, 0.25) is 0 Å². The summed E-state index contributed by atoms with van der Waals surface area (Å²) in [5.41, 5.74) is 1.48. The fourth-order valence-electron chi connectivity index (χ4n) is 3.76. The van der Waals surface area contributed by atoms with E-state index in [1.54, 1.807) is 35.2 Å². The van der Waals surface area contributed by atoms with Gasteiger partial charge < -0.3 is 9.30 Å². The van der Waals surface area contributed by atoms with Crippen LogP contribution in [0, 0.1) is 17.2 Å². The standard InChI is InChI=1S/C25H25N5O3/c1-18(2)15-28-17-27-23-22(28)24(31)29(12-13-33-21-10-8-19(14-26)9-11-21)25(32)30(23)16-20-6-4-3-5-7-20/h3-11,17-18H,12-13,15-16H2,1-2H3. The lowest BCUT2D eigenvalue weighted by atomic mass is 10.2. The molecule has 0 radical (unpaired) electrons. The van der Waals surface area contributed by atoms with Crippen molar-refractivity contribution >= 4 is 11.2 Å². The minimum Gasteiger partial charge on any atom is -0.492 e. The van der Waals surface area contributed by atoms with E-state index in [1.807, 2.05) is 34.9 Å². The van der Waals surface area contributed by atoms with Gasteiger partial charge in [0.25, 0.3) is 5.56 Å². The molecule has 33 heavy (non-hydrogen) atoms. The molecule has 168 valence electrons. The van der Waals surface area contributed by atoms with Crippen LogP contribution in [-0.4, -0.2) is 25.3 Å². The molecule has 0 aliphatic heterocycles. The van der Waals surface area contributed by atoms with Crippen molar-refractivity contribution in [3.63, 3.8) is 0 Å². The Morgan fingerprint density at radius 3 is 2.42 bits per heavy atom. The molecule has 0 spiro atoms. The molecule has 0 fully saturated rings. The van der Waals surface area contributed by atoms with E-state index in [4.69, 9.17) is 10.00 Å². The van der Waals surface area contributed by atoms with Crippen molar-refractivity contribution in [3.8, 4) is 11.8 Å². The van der Waals surface area contributed by atoms with E-state index >= 15 is 0 Å². The highest BCUT2D eigenvalue weighted by Crippen LogP contribution is 2.13. The van der Waals surface area contributed by atoms with Gasteiger partial charge in [0, 0.05) is 6.54 Å². The zero-order chi connectivity index (χ0) is 23.4. The maximum absolute atomic E-state index is 13.4. The second-order valence-electron chi connectivity index (χ2n) is 8.26. The minimum absolute atomic E-state index is 0.0925. The summed E-state index contributed by atoms with van der Waals surface area (Å²) in [6, 6.07) is 18.4. The van der Waals surface area contributed by atoms with Crippen LogP contribution in [0.5, 0.6) is 5.75 Å². The number of hydrogen-bond acceptors (Lipinski definition) is 5. The zero-order valence-corrected chi connectivity index (χ0v) is 18.6. The van der Waals surface area contributed by atoms with Gasteiger partial charge in [0.05, 0.1) is 31.0 Å². The molecule has 8 heteroatoms. The predicted molar refractivity (Wildman–Crippen MR) is 125 cm³/mol. The number of rotatable bonds is 8. The monoisotopic (exact) mass is 443 g/mol. The second-order valence-corrected chi connectivity index (χ2v) is 8.26. The average Bonchev–Trinajstić information content (AvgIpc) is 3.23. The second kappa shape index (κ2) is 9.57. The molecule has 0 atom stereocenters. The Bertz CT molecular complexity index is 1410. The third kappa shape index (κ3) is 4.72. The lowest BCUT2D eigenvalue weighted by Crippen LogP contribution is -2.42. The van der Waals surface area contributed by atoms with Crippen LogP contribution in [0.4, 0.5) is 0 Å². The number of ether oxygens (including phenoxy) is 1. The first-order valence-corrected chi connectivity index (χ1v) is 10.8. The first kappa shape index (κ1) is 22.1. The Morgan fingerprint density at radius 2 is 1.76 bits per heavy atom. The third-order valence-electron chi connectivity index (χ3n) is 5.30. The lowest BCUT2D eigenvalue weighted by Gasteiger charge is -2.14. The van der Waals surface area contributed by atoms with Crippen molar-refractivity contribution < 1.29 is 4.74 Å². The Hall–Kier alpha value is -4.12. The van der Waals surface area contributed by atoms with E-state index < -0.39 is 5.69 Å². The SMILES string of the molecule is CC(C)Cn1cnc2c1c(=O)n(CCOc1ccc(C#N)cc1)c(=O)n2Cc1ccccc1. The van der Waals surface area contributed by atoms with Gasteiger partial charge in [-0.25, -0.2) is 9.78 Å². The van der Waals surface area contributed by atoms with Crippen LogP contribution in [-0.2, 0) is 19.6 Å². The molecule has 0 aliphatic rings. The number of nitrogens with zero attached hydrogens (tertiary/aromatic N) is 5. The summed E-state index contributed by atoms with van der Waals surface area (Å²) in [5.74, 6) is 0.877. The van der Waals surface area contributed by atoms with Crippen molar-refractivity contribution in [2.24, 2.45) is 5.92 Å². The van der Waals surface area contributed by atoms with Crippen molar-refractivity contribution in [2.45, 2.75) is 33.5 Å². The van der Waals surface area contributed by atoms with E-state index in [1.165, 1.54) is 4.57 Å². The van der Waals surface area contributed by atoms with Crippen LogP contribution < -0.4 is 16.0 Å². The summed E-state index contributed by atoms with van der Waals surface area (Å²) in [5, 5.41) is 8.92. The lowest BCUT2D eigenvalue weighted by molar-refractivity contribution is 0.292. The number of nitriles is 1. The van der Waals surface area contributed by atoms with Gasteiger partial charge in [-0.1, -0.05) is 44.2 Å². The van der Waals surface area contributed by atoms with Crippen LogP contribution in [0.25, 0.3) is 11.2 Å². The highest BCUT2D eigenvalue weighted by atomic mass is 16.5. The highest BCUT2D eigenvalue weighted by molar-refractivity contribution is 5.70. The molecular formula is C25H25N5O3. The summed E-state index contributed by atoms with van der Waals surface area (Å²) >= 11 is 0. The largest absolute Gasteiger partial charge is 0.492 e. The van der Waals surface area contributed by atoms with Gasteiger partial charge in [0.1, 0.15) is 12.4 Å². The van der Waals surface area contributed by atoms with Crippen molar-refractivity contribution in [3.05, 3.63) is 92.9 Å². The molecule has 0 unspecified atom stereocenters. The number of aromatic nitrogens is 4. The summed E-state index contributed by atoms with van der Waals surface area (Å²) < 4.78 is 10.3. The Balaban J connectivity index is 1.71. The smallest absolute Gasteiger partial charge is 0.333 e. The topological polar surface area (TPSA) is 94.8 Å². The van der Waals surface area contributed by atoms with Crippen LogP contribution in [0.3, 0.4) is 0 Å².